The van der Waals surface area contributed by atoms with E-state index in [2.05, 4.69) is 26.1 Å². The summed E-state index contributed by atoms with van der Waals surface area (Å²) < 4.78 is 19.4. The van der Waals surface area contributed by atoms with Crippen molar-refractivity contribution >= 4 is 27.3 Å². The van der Waals surface area contributed by atoms with Crippen LogP contribution in [-0.2, 0) is 6.61 Å². The maximum absolute atomic E-state index is 13.3. The lowest BCUT2D eigenvalue weighted by Crippen LogP contribution is -1.97. The summed E-state index contributed by atoms with van der Waals surface area (Å²) in [6.07, 6.45) is 0. The van der Waals surface area contributed by atoms with Crippen molar-refractivity contribution in [1.29, 1.82) is 0 Å². The average molecular weight is 303 g/mol. The van der Waals surface area contributed by atoms with Crippen molar-refractivity contribution in [2.24, 2.45) is 0 Å². The van der Waals surface area contributed by atoms with Crippen LogP contribution in [0.4, 0.5) is 4.39 Å². The van der Waals surface area contributed by atoms with Crippen LogP contribution in [0.15, 0.2) is 22.7 Å². The molecule has 84 valence electrons. The van der Waals surface area contributed by atoms with Crippen LogP contribution >= 0.6 is 27.3 Å². The normalized spacial score (nSPS) is 10.4. The molecule has 16 heavy (non-hydrogen) atoms. The zero-order valence-electron chi connectivity index (χ0n) is 8.41. The Hall–Kier alpha value is -1.01. The van der Waals surface area contributed by atoms with E-state index in [1.54, 1.807) is 12.1 Å². The topological polar surface area (TPSA) is 35.0 Å². The minimum absolute atomic E-state index is 0.210. The molecule has 6 heteroatoms. The molecular formula is C10H8BrFN2OS. The molecule has 0 spiro atoms. The highest BCUT2D eigenvalue weighted by molar-refractivity contribution is 9.10. The molecule has 0 unspecified atom stereocenters. The molecule has 0 atom stereocenters. The number of benzene rings is 1. The van der Waals surface area contributed by atoms with Gasteiger partial charge in [0.25, 0.3) is 0 Å². The van der Waals surface area contributed by atoms with Gasteiger partial charge in [-0.15, -0.1) is 10.2 Å². The molecule has 2 aromatic rings. The molecule has 0 aliphatic rings. The first-order valence-electron chi connectivity index (χ1n) is 4.52. The van der Waals surface area contributed by atoms with Gasteiger partial charge < -0.3 is 4.74 Å². The molecule has 2 rings (SSSR count). The number of rotatable bonds is 3. The second-order valence-corrected chi connectivity index (χ2v) is 5.26. The van der Waals surface area contributed by atoms with Gasteiger partial charge in [0, 0.05) is 4.47 Å². The summed E-state index contributed by atoms with van der Waals surface area (Å²) in [4.78, 5) is 0. The van der Waals surface area contributed by atoms with Gasteiger partial charge in [-0.2, -0.15) is 0 Å². The van der Waals surface area contributed by atoms with Crippen LogP contribution in [0.25, 0.3) is 0 Å². The standard InChI is InChI=1S/C10H8BrFN2OS/c1-6-13-14-10(16-6)5-15-9-4-7(11)2-3-8(9)12/h2-4H,5H2,1H3. The van der Waals surface area contributed by atoms with Gasteiger partial charge in [0.1, 0.15) is 11.6 Å². The van der Waals surface area contributed by atoms with E-state index in [1.165, 1.54) is 17.4 Å². The summed E-state index contributed by atoms with van der Waals surface area (Å²) in [5.74, 6) is -0.174. The van der Waals surface area contributed by atoms with Crippen LogP contribution in [0, 0.1) is 12.7 Å². The lowest BCUT2D eigenvalue weighted by atomic mass is 10.3. The third-order valence-corrected chi connectivity index (χ3v) is 3.12. The molecule has 0 saturated heterocycles. The molecule has 0 radical (unpaired) electrons. The molecule has 0 fully saturated rings. The minimum Gasteiger partial charge on any atom is -0.483 e. The van der Waals surface area contributed by atoms with Crippen molar-refractivity contribution in [3.8, 4) is 5.75 Å². The van der Waals surface area contributed by atoms with Gasteiger partial charge in [0.05, 0.1) is 0 Å². The van der Waals surface area contributed by atoms with Crippen molar-refractivity contribution in [2.75, 3.05) is 0 Å². The zero-order chi connectivity index (χ0) is 11.5. The SMILES string of the molecule is Cc1nnc(COc2cc(Br)ccc2F)s1. The molecule has 0 N–H and O–H groups in total. The Kier molecular flexibility index (Phi) is 3.50. The summed E-state index contributed by atoms with van der Waals surface area (Å²) in [5.41, 5.74) is 0. The van der Waals surface area contributed by atoms with Gasteiger partial charge in [-0.1, -0.05) is 27.3 Å². The van der Waals surface area contributed by atoms with Crippen molar-refractivity contribution in [3.05, 3.63) is 38.5 Å². The van der Waals surface area contributed by atoms with E-state index in [0.717, 1.165) is 14.5 Å². The third-order valence-electron chi connectivity index (χ3n) is 1.81. The minimum atomic E-state index is -0.385. The summed E-state index contributed by atoms with van der Waals surface area (Å²) >= 11 is 4.69. The number of hydrogen-bond donors (Lipinski definition) is 0. The van der Waals surface area contributed by atoms with Crippen molar-refractivity contribution in [3.63, 3.8) is 0 Å². The molecular weight excluding hydrogens is 295 g/mol. The fourth-order valence-electron chi connectivity index (χ4n) is 1.12. The largest absolute Gasteiger partial charge is 0.483 e. The number of hydrogen-bond acceptors (Lipinski definition) is 4. The van der Waals surface area contributed by atoms with Crippen LogP contribution in [-0.4, -0.2) is 10.2 Å². The maximum Gasteiger partial charge on any atom is 0.165 e. The van der Waals surface area contributed by atoms with Gasteiger partial charge in [-0.3, -0.25) is 0 Å². The Balaban J connectivity index is 2.07. The summed E-state index contributed by atoms with van der Waals surface area (Å²) in [7, 11) is 0. The van der Waals surface area contributed by atoms with Gasteiger partial charge in [0.2, 0.25) is 0 Å². The predicted octanol–water partition coefficient (Wildman–Crippen LogP) is 3.33. The molecule has 1 aromatic heterocycles. The van der Waals surface area contributed by atoms with E-state index in [1.807, 2.05) is 6.92 Å². The van der Waals surface area contributed by atoms with E-state index in [0.29, 0.717) is 0 Å². The quantitative estimate of drug-likeness (QED) is 0.872. The average Bonchev–Trinajstić information content (AvgIpc) is 2.66. The van der Waals surface area contributed by atoms with E-state index in [-0.39, 0.29) is 18.2 Å². The van der Waals surface area contributed by atoms with Crippen LogP contribution in [0.1, 0.15) is 10.0 Å². The summed E-state index contributed by atoms with van der Waals surface area (Å²) in [6, 6.07) is 4.56. The number of aryl methyl sites for hydroxylation is 1. The second-order valence-electron chi connectivity index (χ2n) is 3.08. The van der Waals surface area contributed by atoms with Crippen molar-refractivity contribution in [1.82, 2.24) is 10.2 Å². The first-order chi connectivity index (χ1) is 7.65. The van der Waals surface area contributed by atoms with Crippen LogP contribution in [0.2, 0.25) is 0 Å². The van der Waals surface area contributed by atoms with Gasteiger partial charge in [0.15, 0.2) is 16.6 Å². The fourth-order valence-corrected chi connectivity index (χ4v) is 2.09. The first-order valence-corrected chi connectivity index (χ1v) is 6.13. The van der Waals surface area contributed by atoms with Crippen molar-refractivity contribution in [2.45, 2.75) is 13.5 Å². The second kappa shape index (κ2) is 4.88. The Morgan fingerprint density at radius 3 is 2.94 bits per heavy atom. The Morgan fingerprint density at radius 1 is 1.44 bits per heavy atom. The lowest BCUT2D eigenvalue weighted by Gasteiger charge is -2.05. The third kappa shape index (κ3) is 2.76. The molecule has 1 aromatic carbocycles. The first kappa shape index (κ1) is 11.5. The monoisotopic (exact) mass is 302 g/mol. The molecule has 0 aliphatic carbocycles. The lowest BCUT2D eigenvalue weighted by molar-refractivity contribution is 0.288. The summed E-state index contributed by atoms with van der Waals surface area (Å²) in [5, 5.41) is 9.35. The summed E-state index contributed by atoms with van der Waals surface area (Å²) in [6.45, 7) is 2.10. The van der Waals surface area contributed by atoms with Gasteiger partial charge >= 0.3 is 0 Å². The highest BCUT2D eigenvalue weighted by Gasteiger charge is 2.06. The Labute approximate surface area is 104 Å². The molecule has 0 bridgehead atoms. The van der Waals surface area contributed by atoms with Crippen molar-refractivity contribution < 1.29 is 9.13 Å². The van der Waals surface area contributed by atoms with E-state index in [4.69, 9.17) is 4.74 Å². The molecule has 0 saturated carbocycles. The fraction of sp³-hybridized carbons (Fsp3) is 0.200. The Morgan fingerprint density at radius 2 is 2.25 bits per heavy atom. The smallest absolute Gasteiger partial charge is 0.165 e. The number of ether oxygens (including phenoxy) is 1. The zero-order valence-corrected chi connectivity index (χ0v) is 10.8. The highest BCUT2D eigenvalue weighted by atomic mass is 79.9. The van der Waals surface area contributed by atoms with E-state index < -0.39 is 0 Å². The van der Waals surface area contributed by atoms with Gasteiger partial charge in [-0.25, -0.2) is 4.39 Å². The number of nitrogens with zero attached hydrogens (tertiary/aromatic N) is 2. The molecule has 1 heterocycles. The van der Waals surface area contributed by atoms with E-state index >= 15 is 0 Å². The van der Waals surface area contributed by atoms with Gasteiger partial charge in [-0.05, 0) is 25.1 Å². The van der Waals surface area contributed by atoms with Crippen LogP contribution in [0.3, 0.4) is 0 Å². The predicted molar refractivity (Wildman–Crippen MR) is 63.1 cm³/mol. The van der Waals surface area contributed by atoms with E-state index in [9.17, 15) is 4.39 Å². The van der Waals surface area contributed by atoms with Crippen LogP contribution in [0.5, 0.6) is 5.75 Å². The Bertz CT molecular complexity index is 503. The number of aromatic nitrogens is 2. The highest BCUT2D eigenvalue weighted by Crippen LogP contribution is 2.23. The maximum atomic E-state index is 13.3. The van der Waals surface area contributed by atoms with Crippen LogP contribution < -0.4 is 4.74 Å². The number of halogens is 2. The molecule has 0 amide bonds. The molecule has 3 nitrogen and oxygen atoms in total. The molecule has 0 aliphatic heterocycles.